The van der Waals surface area contributed by atoms with Gasteiger partial charge in [-0.15, -0.1) is 0 Å². The third kappa shape index (κ3) is 1.60. The number of benzene rings is 1. The van der Waals surface area contributed by atoms with Gasteiger partial charge in [0.15, 0.2) is 0 Å². The zero-order valence-electron chi connectivity index (χ0n) is 9.88. The Morgan fingerprint density at radius 1 is 1.06 bits per heavy atom. The van der Waals surface area contributed by atoms with Crippen molar-refractivity contribution in [3.05, 3.63) is 54.0 Å². The summed E-state index contributed by atoms with van der Waals surface area (Å²) >= 11 is 0. The predicted molar refractivity (Wildman–Crippen MR) is 68.3 cm³/mol. The molecule has 3 aromatic rings. The van der Waals surface area contributed by atoms with Crippen LogP contribution in [0.4, 0.5) is 0 Å². The van der Waals surface area contributed by atoms with E-state index in [0.717, 1.165) is 22.7 Å². The Labute approximate surface area is 99.8 Å². The third-order valence-electron chi connectivity index (χ3n) is 2.86. The van der Waals surface area contributed by atoms with Gasteiger partial charge < -0.3 is 0 Å². The largest absolute Gasteiger partial charge is 0.281 e. The topological polar surface area (TPSA) is 30.7 Å². The van der Waals surface area contributed by atoms with Gasteiger partial charge in [-0.2, -0.15) is 0 Å². The van der Waals surface area contributed by atoms with Crippen LogP contribution in [0, 0.1) is 13.8 Å². The maximum absolute atomic E-state index is 4.54. The second-order valence-electron chi connectivity index (χ2n) is 4.17. The number of aryl methyl sites for hydroxylation is 2. The minimum atomic E-state index is 0.927. The van der Waals surface area contributed by atoms with Crippen LogP contribution in [-0.2, 0) is 0 Å². The molecule has 84 valence electrons. The summed E-state index contributed by atoms with van der Waals surface area (Å²) in [6.45, 7) is 4.07. The first kappa shape index (κ1) is 10.0. The van der Waals surface area contributed by atoms with Crippen LogP contribution in [0.1, 0.15) is 11.4 Å². The molecule has 17 heavy (non-hydrogen) atoms. The van der Waals surface area contributed by atoms with Gasteiger partial charge in [0.2, 0.25) is 0 Å². The molecule has 0 fully saturated rings. The summed E-state index contributed by atoms with van der Waals surface area (Å²) in [6, 6.07) is 12.2. The summed E-state index contributed by atoms with van der Waals surface area (Å²) in [7, 11) is 0. The van der Waals surface area contributed by atoms with Gasteiger partial charge in [-0.1, -0.05) is 12.1 Å². The van der Waals surface area contributed by atoms with E-state index in [1.54, 1.807) is 0 Å². The van der Waals surface area contributed by atoms with E-state index in [-0.39, 0.29) is 0 Å². The van der Waals surface area contributed by atoms with Crippen LogP contribution in [-0.4, -0.2) is 14.5 Å². The minimum absolute atomic E-state index is 0.927. The van der Waals surface area contributed by atoms with Gasteiger partial charge in [-0.05, 0) is 43.7 Å². The van der Waals surface area contributed by atoms with E-state index in [4.69, 9.17) is 0 Å². The number of para-hydroxylation sites is 2. The second kappa shape index (κ2) is 3.70. The highest BCUT2D eigenvalue weighted by atomic mass is 15.1. The molecule has 3 heteroatoms. The van der Waals surface area contributed by atoms with Crippen LogP contribution < -0.4 is 0 Å². The average molecular weight is 223 g/mol. The lowest BCUT2D eigenvalue weighted by Crippen LogP contribution is -1.99. The number of fused-ring (bicyclic) bond motifs is 1. The molecule has 2 heterocycles. The van der Waals surface area contributed by atoms with E-state index in [9.17, 15) is 0 Å². The smallest absolute Gasteiger partial charge is 0.138 e. The first-order valence-electron chi connectivity index (χ1n) is 5.63. The summed E-state index contributed by atoms with van der Waals surface area (Å²) in [5.74, 6) is 1.89. The fourth-order valence-electron chi connectivity index (χ4n) is 2.08. The molecule has 0 aliphatic rings. The highest BCUT2D eigenvalue weighted by Crippen LogP contribution is 2.19. The molecule has 3 rings (SSSR count). The average Bonchev–Trinajstić information content (AvgIpc) is 2.64. The predicted octanol–water partition coefficient (Wildman–Crippen LogP) is 3.04. The van der Waals surface area contributed by atoms with Gasteiger partial charge in [0.05, 0.1) is 11.0 Å². The van der Waals surface area contributed by atoms with Crippen LogP contribution in [0.15, 0.2) is 42.6 Å². The molecule has 0 saturated carbocycles. The van der Waals surface area contributed by atoms with Crippen molar-refractivity contribution >= 4 is 11.0 Å². The molecule has 0 bridgehead atoms. The first-order valence-corrected chi connectivity index (χ1v) is 5.63. The van der Waals surface area contributed by atoms with Crippen molar-refractivity contribution in [2.45, 2.75) is 13.8 Å². The Bertz CT molecular complexity index is 683. The summed E-state index contributed by atoms with van der Waals surface area (Å²) in [5, 5.41) is 0. The van der Waals surface area contributed by atoms with Crippen LogP contribution in [0.3, 0.4) is 0 Å². The molecular formula is C14H13N3. The van der Waals surface area contributed by atoms with Crippen LogP contribution in [0.2, 0.25) is 0 Å². The second-order valence-corrected chi connectivity index (χ2v) is 4.17. The molecule has 1 aromatic carbocycles. The lowest BCUT2D eigenvalue weighted by Gasteiger charge is -2.06. The van der Waals surface area contributed by atoms with Crippen LogP contribution in [0.25, 0.3) is 16.9 Å². The summed E-state index contributed by atoms with van der Waals surface area (Å²) < 4.78 is 2.09. The third-order valence-corrected chi connectivity index (χ3v) is 2.86. The van der Waals surface area contributed by atoms with Gasteiger partial charge in [-0.3, -0.25) is 4.57 Å². The Morgan fingerprint density at radius 3 is 2.71 bits per heavy atom. The number of aromatic nitrogens is 3. The standard InChI is InChI=1S/C14H13N3/c1-10-7-8-15-14(9-10)17-11(2)16-12-5-3-4-6-13(12)17/h3-9H,1-2H3. The number of rotatable bonds is 1. The molecule has 0 amide bonds. The Balaban J connectivity index is 2.33. The molecule has 2 aromatic heterocycles. The van der Waals surface area contributed by atoms with E-state index >= 15 is 0 Å². The molecule has 0 N–H and O–H groups in total. The summed E-state index contributed by atoms with van der Waals surface area (Å²) in [6.07, 6.45) is 1.83. The monoisotopic (exact) mass is 223 g/mol. The van der Waals surface area contributed by atoms with Gasteiger partial charge in [0.1, 0.15) is 11.6 Å². The van der Waals surface area contributed by atoms with Crippen molar-refractivity contribution in [1.29, 1.82) is 0 Å². The zero-order valence-corrected chi connectivity index (χ0v) is 9.88. The molecule has 0 atom stereocenters. The maximum atomic E-state index is 4.54. The minimum Gasteiger partial charge on any atom is -0.281 e. The van der Waals surface area contributed by atoms with Crippen molar-refractivity contribution < 1.29 is 0 Å². The highest BCUT2D eigenvalue weighted by Gasteiger charge is 2.09. The van der Waals surface area contributed by atoms with Gasteiger partial charge in [0, 0.05) is 6.20 Å². The molecule has 0 unspecified atom stereocenters. The fraction of sp³-hybridized carbons (Fsp3) is 0.143. The molecule has 0 spiro atoms. The molecule has 0 radical (unpaired) electrons. The van der Waals surface area contributed by atoms with Crippen molar-refractivity contribution in [3.8, 4) is 5.82 Å². The van der Waals surface area contributed by atoms with E-state index in [0.29, 0.717) is 0 Å². The van der Waals surface area contributed by atoms with E-state index in [1.807, 2.05) is 37.4 Å². The number of hydrogen-bond donors (Lipinski definition) is 0. The molecule has 0 aliphatic carbocycles. The lowest BCUT2D eigenvalue weighted by atomic mass is 10.3. The number of nitrogens with zero attached hydrogens (tertiary/aromatic N) is 3. The van der Waals surface area contributed by atoms with Crippen molar-refractivity contribution in [2.24, 2.45) is 0 Å². The first-order chi connectivity index (χ1) is 8.25. The van der Waals surface area contributed by atoms with Crippen LogP contribution in [0.5, 0.6) is 0 Å². The zero-order chi connectivity index (χ0) is 11.8. The lowest BCUT2D eigenvalue weighted by molar-refractivity contribution is 0.953. The number of hydrogen-bond acceptors (Lipinski definition) is 2. The van der Waals surface area contributed by atoms with Gasteiger partial charge in [-0.25, -0.2) is 9.97 Å². The maximum Gasteiger partial charge on any atom is 0.138 e. The molecular weight excluding hydrogens is 210 g/mol. The summed E-state index contributed by atoms with van der Waals surface area (Å²) in [4.78, 5) is 8.96. The van der Waals surface area contributed by atoms with Crippen molar-refractivity contribution in [2.75, 3.05) is 0 Å². The molecule has 0 saturated heterocycles. The van der Waals surface area contributed by atoms with Gasteiger partial charge >= 0.3 is 0 Å². The highest BCUT2D eigenvalue weighted by molar-refractivity contribution is 5.77. The normalized spacial score (nSPS) is 10.9. The Hall–Kier alpha value is -2.16. The number of pyridine rings is 1. The quantitative estimate of drug-likeness (QED) is 0.634. The summed E-state index contributed by atoms with van der Waals surface area (Å²) in [5.41, 5.74) is 3.31. The molecule has 0 aliphatic heterocycles. The fourth-order valence-corrected chi connectivity index (χ4v) is 2.08. The Kier molecular flexibility index (Phi) is 2.18. The van der Waals surface area contributed by atoms with Crippen LogP contribution >= 0.6 is 0 Å². The van der Waals surface area contributed by atoms with E-state index in [1.165, 1.54) is 5.56 Å². The van der Waals surface area contributed by atoms with E-state index < -0.39 is 0 Å². The van der Waals surface area contributed by atoms with Crippen molar-refractivity contribution in [3.63, 3.8) is 0 Å². The number of imidazole rings is 1. The Morgan fingerprint density at radius 2 is 1.88 bits per heavy atom. The van der Waals surface area contributed by atoms with E-state index in [2.05, 4.69) is 33.6 Å². The molecule has 3 nitrogen and oxygen atoms in total. The van der Waals surface area contributed by atoms with Gasteiger partial charge in [0.25, 0.3) is 0 Å². The SMILES string of the molecule is Cc1ccnc(-n2c(C)nc3ccccc32)c1. The van der Waals surface area contributed by atoms with Crippen molar-refractivity contribution in [1.82, 2.24) is 14.5 Å².